The summed E-state index contributed by atoms with van der Waals surface area (Å²) < 4.78 is 5.29. The Morgan fingerprint density at radius 1 is 1.45 bits per heavy atom. The van der Waals surface area contributed by atoms with Crippen LogP contribution in [-0.4, -0.2) is 36.7 Å². The van der Waals surface area contributed by atoms with Crippen LogP contribution in [0, 0.1) is 0 Å². The lowest BCUT2D eigenvalue weighted by Gasteiger charge is -2.23. The summed E-state index contributed by atoms with van der Waals surface area (Å²) in [5.74, 6) is -0.126. The quantitative estimate of drug-likeness (QED) is 0.886. The molecule has 1 saturated heterocycles. The monoisotopic (exact) mass is 291 g/mol. The van der Waals surface area contributed by atoms with Gasteiger partial charge in [0.2, 0.25) is 5.91 Å². The minimum atomic E-state index is -0.335. The molecule has 1 fully saturated rings. The second-order valence-electron chi connectivity index (χ2n) is 4.57. The molecule has 1 aromatic carbocycles. The van der Waals surface area contributed by atoms with E-state index < -0.39 is 0 Å². The summed E-state index contributed by atoms with van der Waals surface area (Å²) in [7, 11) is 0. The van der Waals surface area contributed by atoms with Gasteiger partial charge in [-0.25, -0.2) is 0 Å². The number of halogens is 1. The maximum atomic E-state index is 12.2. The number of amides is 1. The van der Waals surface area contributed by atoms with Crippen LogP contribution < -0.4 is 10.6 Å². The predicted octanol–water partition coefficient (Wildman–Crippen LogP) is 1.82. The summed E-state index contributed by atoms with van der Waals surface area (Å²) in [6, 6.07) is 6.88. The second-order valence-corrected chi connectivity index (χ2v) is 4.97. The van der Waals surface area contributed by atoms with Crippen LogP contribution in [0.2, 0.25) is 5.02 Å². The molecular formula is C14H14ClN3O2. The van der Waals surface area contributed by atoms with E-state index >= 15 is 0 Å². The molecule has 2 aromatic rings. The fraction of sp³-hybridized carbons (Fsp3) is 0.286. The van der Waals surface area contributed by atoms with Crippen molar-refractivity contribution in [2.45, 2.75) is 6.04 Å². The first kappa shape index (κ1) is 13.3. The van der Waals surface area contributed by atoms with Gasteiger partial charge in [0.05, 0.1) is 29.4 Å². The third-order valence-electron chi connectivity index (χ3n) is 3.21. The molecule has 20 heavy (non-hydrogen) atoms. The lowest BCUT2D eigenvalue weighted by atomic mass is 10.1. The molecule has 5 nitrogen and oxygen atoms in total. The number of fused-ring (bicyclic) bond motifs is 1. The summed E-state index contributed by atoms with van der Waals surface area (Å²) in [6.45, 7) is 1.69. The number of morpholine rings is 1. The van der Waals surface area contributed by atoms with Gasteiger partial charge in [-0.2, -0.15) is 0 Å². The van der Waals surface area contributed by atoms with Crippen molar-refractivity contribution in [3.05, 3.63) is 35.5 Å². The van der Waals surface area contributed by atoms with Crippen molar-refractivity contribution < 1.29 is 9.53 Å². The minimum absolute atomic E-state index is 0.126. The Morgan fingerprint density at radius 3 is 3.15 bits per heavy atom. The van der Waals surface area contributed by atoms with Gasteiger partial charge in [-0.3, -0.25) is 9.78 Å². The van der Waals surface area contributed by atoms with E-state index in [9.17, 15) is 4.79 Å². The Hall–Kier alpha value is -1.69. The zero-order chi connectivity index (χ0) is 13.9. The predicted molar refractivity (Wildman–Crippen MR) is 78.0 cm³/mol. The van der Waals surface area contributed by atoms with Gasteiger partial charge in [-0.05, 0) is 24.3 Å². The fourth-order valence-corrected chi connectivity index (χ4v) is 2.41. The molecule has 3 rings (SSSR count). The standard InChI is InChI=1S/C14H14ClN3O2/c15-10-3-4-11(13-9(10)2-1-5-17-13)18-14(19)12-8-20-7-6-16-12/h1-5,12,16H,6-8H2,(H,18,19). The number of carbonyl (C=O) groups excluding carboxylic acids is 1. The number of anilines is 1. The first-order valence-corrected chi connectivity index (χ1v) is 6.79. The molecule has 1 atom stereocenters. The van der Waals surface area contributed by atoms with E-state index in [1.54, 1.807) is 18.3 Å². The molecule has 1 amide bonds. The van der Waals surface area contributed by atoms with E-state index in [1.807, 2.05) is 12.1 Å². The van der Waals surface area contributed by atoms with Crippen molar-refractivity contribution in [3.63, 3.8) is 0 Å². The molecule has 1 aromatic heterocycles. The van der Waals surface area contributed by atoms with Crippen LogP contribution in [0.5, 0.6) is 0 Å². The van der Waals surface area contributed by atoms with Gasteiger partial charge in [0.15, 0.2) is 0 Å². The van der Waals surface area contributed by atoms with E-state index in [4.69, 9.17) is 16.3 Å². The molecule has 0 radical (unpaired) electrons. The first-order valence-electron chi connectivity index (χ1n) is 6.41. The van der Waals surface area contributed by atoms with Crippen LogP contribution in [0.15, 0.2) is 30.5 Å². The minimum Gasteiger partial charge on any atom is -0.378 e. The van der Waals surface area contributed by atoms with E-state index in [0.29, 0.717) is 36.0 Å². The molecule has 1 unspecified atom stereocenters. The summed E-state index contributed by atoms with van der Waals surface area (Å²) in [6.07, 6.45) is 1.68. The maximum Gasteiger partial charge on any atom is 0.243 e. The van der Waals surface area contributed by atoms with Crippen LogP contribution in [-0.2, 0) is 9.53 Å². The van der Waals surface area contributed by atoms with Crippen molar-refractivity contribution in [1.29, 1.82) is 0 Å². The van der Waals surface area contributed by atoms with Crippen LogP contribution >= 0.6 is 11.6 Å². The van der Waals surface area contributed by atoms with Crippen molar-refractivity contribution in [3.8, 4) is 0 Å². The Labute approximate surface area is 121 Å². The molecule has 2 N–H and O–H groups in total. The third-order valence-corrected chi connectivity index (χ3v) is 3.54. The molecule has 0 spiro atoms. The molecule has 0 bridgehead atoms. The number of hydrogen-bond donors (Lipinski definition) is 2. The zero-order valence-electron chi connectivity index (χ0n) is 10.7. The summed E-state index contributed by atoms with van der Waals surface area (Å²) in [5, 5.41) is 7.43. The van der Waals surface area contributed by atoms with Gasteiger partial charge >= 0.3 is 0 Å². The van der Waals surface area contributed by atoms with Crippen molar-refractivity contribution in [2.75, 3.05) is 25.1 Å². The Balaban J connectivity index is 1.87. The van der Waals surface area contributed by atoms with Crippen molar-refractivity contribution in [2.24, 2.45) is 0 Å². The van der Waals surface area contributed by atoms with Crippen LogP contribution in [0.25, 0.3) is 10.9 Å². The highest BCUT2D eigenvalue weighted by molar-refractivity contribution is 6.35. The number of carbonyl (C=O) groups is 1. The van der Waals surface area contributed by atoms with Crippen LogP contribution in [0.3, 0.4) is 0 Å². The highest BCUT2D eigenvalue weighted by Gasteiger charge is 2.21. The molecule has 0 aliphatic carbocycles. The molecule has 0 saturated carbocycles. The average molecular weight is 292 g/mol. The fourth-order valence-electron chi connectivity index (χ4n) is 2.19. The number of nitrogens with one attached hydrogen (secondary N) is 2. The highest BCUT2D eigenvalue weighted by Crippen LogP contribution is 2.28. The molecule has 6 heteroatoms. The van der Waals surface area contributed by atoms with E-state index in [1.165, 1.54) is 0 Å². The largest absolute Gasteiger partial charge is 0.378 e. The number of ether oxygens (including phenoxy) is 1. The van der Waals surface area contributed by atoms with Gasteiger partial charge in [-0.1, -0.05) is 11.6 Å². The number of rotatable bonds is 2. The highest BCUT2D eigenvalue weighted by atomic mass is 35.5. The SMILES string of the molecule is O=C(Nc1ccc(Cl)c2cccnc12)C1COCCN1. The van der Waals surface area contributed by atoms with Gasteiger partial charge in [0.25, 0.3) is 0 Å². The third kappa shape index (κ3) is 2.60. The Bertz CT molecular complexity index is 641. The van der Waals surface area contributed by atoms with E-state index in [0.717, 1.165) is 5.39 Å². The van der Waals surface area contributed by atoms with Gasteiger partial charge in [0, 0.05) is 18.1 Å². The number of benzene rings is 1. The van der Waals surface area contributed by atoms with Gasteiger partial charge < -0.3 is 15.4 Å². The lowest BCUT2D eigenvalue weighted by molar-refractivity contribution is -0.120. The second kappa shape index (κ2) is 5.75. The molecule has 1 aliphatic rings. The van der Waals surface area contributed by atoms with Crippen LogP contribution in [0.1, 0.15) is 0 Å². The number of nitrogens with zero attached hydrogens (tertiary/aromatic N) is 1. The van der Waals surface area contributed by atoms with Gasteiger partial charge in [-0.15, -0.1) is 0 Å². The smallest absolute Gasteiger partial charge is 0.243 e. The zero-order valence-corrected chi connectivity index (χ0v) is 11.5. The molecule has 104 valence electrons. The number of aromatic nitrogens is 1. The van der Waals surface area contributed by atoms with Crippen LogP contribution in [0.4, 0.5) is 5.69 Å². The van der Waals surface area contributed by atoms with Crippen molar-refractivity contribution >= 4 is 34.1 Å². The first-order chi connectivity index (χ1) is 9.75. The maximum absolute atomic E-state index is 12.2. The molecule has 1 aliphatic heterocycles. The normalized spacial score (nSPS) is 18.9. The topological polar surface area (TPSA) is 63.2 Å². The number of pyridine rings is 1. The Morgan fingerprint density at radius 2 is 2.35 bits per heavy atom. The molecule has 2 heterocycles. The van der Waals surface area contributed by atoms with Gasteiger partial charge in [0.1, 0.15) is 6.04 Å². The lowest BCUT2D eigenvalue weighted by Crippen LogP contribution is -2.48. The number of hydrogen-bond acceptors (Lipinski definition) is 4. The summed E-state index contributed by atoms with van der Waals surface area (Å²) in [5.41, 5.74) is 1.34. The van der Waals surface area contributed by atoms with Crippen molar-refractivity contribution in [1.82, 2.24) is 10.3 Å². The Kier molecular flexibility index (Phi) is 3.82. The van der Waals surface area contributed by atoms with E-state index in [-0.39, 0.29) is 11.9 Å². The van der Waals surface area contributed by atoms with E-state index in [2.05, 4.69) is 15.6 Å². The average Bonchev–Trinajstić information content (AvgIpc) is 2.51. The summed E-state index contributed by atoms with van der Waals surface area (Å²) in [4.78, 5) is 16.5. The molecular weight excluding hydrogens is 278 g/mol. The summed E-state index contributed by atoms with van der Waals surface area (Å²) >= 11 is 6.13.